The average molecular weight is 509 g/mol. The molecule has 11 nitrogen and oxygen atoms in total. The van der Waals surface area contributed by atoms with E-state index in [1.165, 1.54) is 6.92 Å². The average Bonchev–Trinajstić information content (AvgIpc) is 2.59. The molecule has 2 N–H and O–H groups in total. The highest BCUT2D eigenvalue weighted by Crippen LogP contribution is 2.30. The highest BCUT2D eigenvalue weighted by atomic mass is 35.6. The highest BCUT2D eigenvalue weighted by Gasteiger charge is 2.46. The molecule has 31 heavy (non-hydrogen) atoms. The van der Waals surface area contributed by atoms with Gasteiger partial charge in [0.2, 0.25) is 18.3 Å². The summed E-state index contributed by atoms with van der Waals surface area (Å²) in [6, 6.07) is 0. The van der Waals surface area contributed by atoms with Crippen LogP contribution in [0.25, 0.3) is 0 Å². The van der Waals surface area contributed by atoms with Crippen molar-refractivity contribution in [2.24, 2.45) is 5.92 Å². The molecule has 0 aromatic rings. The molecule has 178 valence electrons. The smallest absolute Gasteiger partial charge is 0.303 e. The van der Waals surface area contributed by atoms with Gasteiger partial charge in [0.1, 0.15) is 6.10 Å². The number of hydrogen-bond donors (Lipinski definition) is 2. The topological polar surface area (TPSA) is 159 Å². The fourth-order valence-corrected chi connectivity index (χ4v) is 2.42. The van der Waals surface area contributed by atoms with Gasteiger partial charge in [0.25, 0.3) is 3.79 Å². The largest absolute Gasteiger partial charge is 0.465 e. The van der Waals surface area contributed by atoms with Crippen molar-refractivity contribution in [3.63, 3.8) is 0 Å². The first-order valence-electron chi connectivity index (χ1n) is 8.71. The van der Waals surface area contributed by atoms with Gasteiger partial charge in [-0.3, -0.25) is 24.6 Å². The number of esters is 4. The van der Waals surface area contributed by atoms with E-state index >= 15 is 0 Å². The maximum Gasteiger partial charge on any atom is 0.303 e. The van der Waals surface area contributed by atoms with E-state index in [2.05, 4.69) is 0 Å². The lowest BCUT2D eigenvalue weighted by atomic mass is 9.95. The highest BCUT2D eigenvalue weighted by molar-refractivity contribution is 6.76. The second-order valence-corrected chi connectivity index (χ2v) is 8.62. The summed E-state index contributed by atoms with van der Waals surface area (Å²) in [6.45, 7) is 5.40. The molecule has 0 saturated carbocycles. The molecule has 0 bridgehead atoms. The number of aliphatic hydroxyl groups is 1. The van der Waals surface area contributed by atoms with Crippen molar-refractivity contribution < 1.29 is 48.0 Å². The van der Waals surface area contributed by atoms with E-state index in [1.807, 2.05) is 0 Å². The first-order valence-corrected chi connectivity index (χ1v) is 9.85. The van der Waals surface area contributed by atoms with Crippen LogP contribution in [0.15, 0.2) is 0 Å². The number of hydrogen-bond acceptors (Lipinski definition) is 11. The number of nitrogens with one attached hydrogen (secondary N) is 1. The van der Waals surface area contributed by atoms with Gasteiger partial charge in [0.15, 0.2) is 6.10 Å². The maximum atomic E-state index is 11.7. The number of aliphatic hydroxyl groups excluding tert-OH is 1. The van der Waals surface area contributed by atoms with Gasteiger partial charge in [-0.05, 0) is 0 Å². The summed E-state index contributed by atoms with van der Waals surface area (Å²) in [5, 5.41) is 18.0. The fraction of sp³-hybridized carbons (Fsp3) is 0.706. The molecular formula is C17H24Cl3NO10. The van der Waals surface area contributed by atoms with Crippen LogP contribution in [0.2, 0.25) is 0 Å². The van der Waals surface area contributed by atoms with Crippen LogP contribution in [0.3, 0.4) is 0 Å². The number of halogens is 3. The zero-order chi connectivity index (χ0) is 24.5. The Bertz CT molecular complexity index is 682. The van der Waals surface area contributed by atoms with Crippen LogP contribution >= 0.6 is 34.8 Å². The summed E-state index contributed by atoms with van der Waals surface area (Å²) in [4.78, 5) is 46.1. The molecule has 0 aliphatic carbocycles. The molecule has 0 amide bonds. The van der Waals surface area contributed by atoms with Crippen LogP contribution in [0.4, 0.5) is 0 Å². The van der Waals surface area contributed by atoms with E-state index in [4.69, 9.17) is 63.9 Å². The monoisotopic (exact) mass is 507 g/mol. The predicted octanol–water partition coefficient (Wildman–Crippen LogP) is 1.66. The SMILES string of the molecule is CC(=O)OCC(C)[C@@H](OC(C)=O)C(OC(C)=O)C(OC(C)=O)[C@H](O)OC(=N)C(Cl)(Cl)Cl. The molecule has 0 aromatic carbocycles. The van der Waals surface area contributed by atoms with Crippen LogP contribution in [0.1, 0.15) is 34.6 Å². The minimum Gasteiger partial charge on any atom is -0.465 e. The van der Waals surface area contributed by atoms with Crippen LogP contribution in [0, 0.1) is 11.3 Å². The molecule has 0 radical (unpaired) electrons. The van der Waals surface area contributed by atoms with Crippen molar-refractivity contribution in [3.8, 4) is 0 Å². The lowest BCUT2D eigenvalue weighted by Crippen LogP contribution is -2.54. The maximum absolute atomic E-state index is 11.7. The molecular weight excluding hydrogens is 485 g/mol. The Balaban J connectivity index is 6.14. The lowest BCUT2D eigenvalue weighted by molar-refractivity contribution is -0.219. The lowest BCUT2D eigenvalue weighted by Gasteiger charge is -2.36. The van der Waals surface area contributed by atoms with Crippen LogP contribution in [0.5, 0.6) is 0 Å². The minimum atomic E-state index is -2.36. The summed E-state index contributed by atoms with van der Waals surface area (Å²) < 4.78 is 22.7. The van der Waals surface area contributed by atoms with Crippen molar-refractivity contribution in [3.05, 3.63) is 0 Å². The summed E-state index contributed by atoms with van der Waals surface area (Å²) >= 11 is 16.5. The Morgan fingerprint density at radius 1 is 0.806 bits per heavy atom. The molecule has 0 heterocycles. The summed E-state index contributed by atoms with van der Waals surface area (Å²) in [7, 11) is 0. The second-order valence-electron chi connectivity index (χ2n) is 6.34. The van der Waals surface area contributed by atoms with E-state index in [0.29, 0.717) is 0 Å². The third-order valence-corrected chi connectivity index (χ3v) is 3.96. The van der Waals surface area contributed by atoms with Crippen LogP contribution in [-0.2, 0) is 42.9 Å². The molecule has 0 aliphatic rings. The normalized spacial score (nSPS) is 16.0. The summed E-state index contributed by atoms with van der Waals surface area (Å²) in [6.07, 6.45) is -7.06. The molecule has 3 unspecified atom stereocenters. The Kier molecular flexibility index (Phi) is 12.1. The zero-order valence-corrected chi connectivity index (χ0v) is 19.6. The number of carbonyl (C=O) groups excluding carboxylic acids is 4. The minimum absolute atomic E-state index is 0.279. The zero-order valence-electron chi connectivity index (χ0n) is 17.3. The van der Waals surface area contributed by atoms with Gasteiger partial charge < -0.3 is 28.8 Å². The molecule has 0 aromatic heterocycles. The number of ether oxygens (including phenoxy) is 5. The van der Waals surface area contributed by atoms with Gasteiger partial charge >= 0.3 is 23.9 Å². The van der Waals surface area contributed by atoms with E-state index in [0.717, 1.165) is 27.7 Å². The van der Waals surface area contributed by atoms with Crippen molar-refractivity contribution in [1.29, 1.82) is 5.41 Å². The molecule has 0 aliphatic heterocycles. The molecule has 0 fully saturated rings. The summed E-state index contributed by atoms with van der Waals surface area (Å²) in [5.41, 5.74) is 0. The van der Waals surface area contributed by atoms with Gasteiger partial charge in [-0.2, -0.15) is 0 Å². The van der Waals surface area contributed by atoms with Crippen molar-refractivity contribution in [2.75, 3.05) is 6.61 Å². The van der Waals surface area contributed by atoms with E-state index in [1.54, 1.807) is 0 Å². The van der Waals surface area contributed by atoms with E-state index in [9.17, 15) is 24.3 Å². The first kappa shape index (κ1) is 29.2. The fourth-order valence-electron chi connectivity index (χ4n) is 2.29. The molecule has 0 saturated heterocycles. The summed E-state index contributed by atoms with van der Waals surface area (Å²) in [5.74, 6) is -5.13. The third kappa shape index (κ3) is 11.4. The number of alkyl halides is 3. The molecule has 5 atom stereocenters. The van der Waals surface area contributed by atoms with Gasteiger partial charge in [0, 0.05) is 33.6 Å². The standard InChI is InChI=1S/C17H24Cl3NO10/c1-7(6-27-8(2)22)12(28-9(3)23)13(29-10(4)24)14(30-11(5)25)15(26)31-16(21)17(18,19)20/h7,12-15,21,26H,6H2,1-5H3/t7?,12-,13?,14?,15-/m1/s1. The van der Waals surface area contributed by atoms with E-state index < -0.39 is 64.1 Å². The van der Waals surface area contributed by atoms with E-state index in [-0.39, 0.29) is 6.61 Å². The van der Waals surface area contributed by atoms with Crippen LogP contribution in [-0.4, -0.2) is 69.9 Å². The quantitative estimate of drug-likeness (QED) is 0.111. The van der Waals surface area contributed by atoms with Crippen molar-refractivity contribution in [1.82, 2.24) is 0 Å². The van der Waals surface area contributed by atoms with Crippen molar-refractivity contribution >= 4 is 64.6 Å². The number of rotatable bonds is 10. The second kappa shape index (κ2) is 12.9. The third-order valence-electron chi connectivity index (χ3n) is 3.44. The van der Waals surface area contributed by atoms with Crippen molar-refractivity contribution in [2.45, 2.75) is 63.0 Å². The molecule has 0 rings (SSSR count). The van der Waals surface area contributed by atoms with Gasteiger partial charge in [-0.1, -0.05) is 41.7 Å². The Hall–Kier alpha value is -1.82. The first-order chi connectivity index (χ1) is 14.1. The van der Waals surface area contributed by atoms with Crippen LogP contribution < -0.4 is 0 Å². The molecule has 14 heteroatoms. The van der Waals surface area contributed by atoms with Gasteiger partial charge in [-0.25, -0.2) is 0 Å². The predicted molar refractivity (Wildman–Crippen MR) is 108 cm³/mol. The Morgan fingerprint density at radius 3 is 1.61 bits per heavy atom. The Labute approximate surface area is 193 Å². The number of carbonyl (C=O) groups is 4. The van der Waals surface area contributed by atoms with Gasteiger partial charge in [-0.15, -0.1) is 0 Å². The Morgan fingerprint density at radius 2 is 1.23 bits per heavy atom. The van der Waals surface area contributed by atoms with Gasteiger partial charge in [0.05, 0.1) is 6.61 Å². The molecule has 0 spiro atoms.